The first-order valence-electron chi connectivity index (χ1n) is 7.81. The second-order valence-electron chi connectivity index (χ2n) is 5.62. The van der Waals surface area contributed by atoms with Gasteiger partial charge in [-0.2, -0.15) is 0 Å². The minimum atomic E-state index is -0.167. The molecule has 1 N–H and O–H groups in total. The fourth-order valence-electron chi connectivity index (χ4n) is 2.75. The second kappa shape index (κ2) is 8.51. The third kappa shape index (κ3) is 5.41. The van der Waals surface area contributed by atoms with Crippen molar-refractivity contribution in [2.24, 2.45) is 0 Å². The summed E-state index contributed by atoms with van der Waals surface area (Å²) in [5, 5.41) is 3.65. The van der Waals surface area contributed by atoms with Crippen molar-refractivity contribution in [1.29, 1.82) is 0 Å². The third-order valence-electron chi connectivity index (χ3n) is 3.96. The number of carbonyl (C=O) groups is 1. The van der Waals surface area contributed by atoms with Crippen molar-refractivity contribution in [3.63, 3.8) is 0 Å². The molecule has 21 heavy (non-hydrogen) atoms. The van der Waals surface area contributed by atoms with E-state index in [1.165, 1.54) is 50.9 Å². The van der Waals surface area contributed by atoms with Crippen molar-refractivity contribution in [2.45, 2.75) is 45.2 Å². The van der Waals surface area contributed by atoms with Crippen LogP contribution in [0.3, 0.4) is 0 Å². The molecule has 0 aliphatic carbocycles. The lowest BCUT2D eigenvalue weighted by atomic mass is 10.0. The van der Waals surface area contributed by atoms with Crippen molar-refractivity contribution in [3.05, 3.63) is 21.9 Å². The molecule has 2 rings (SSSR count). The second-order valence-corrected chi connectivity index (χ2v) is 6.87. The predicted octanol–water partition coefficient (Wildman–Crippen LogP) is 2.43. The average Bonchev–Trinajstić information content (AvgIpc) is 2.94. The van der Waals surface area contributed by atoms with E-state index in [0.29, 0.717) is 12.5 Å². The van der Waals surface area contributed by atoms with Gasteiger partial charge in [0.05, 0.1) is 13.5 Å². The monoisotopic (exact) mass is 310 g/mol. The fourth-order valence-corrected chi connectivity index (χ4v) is 3.70. The van der Waals surface area contributed by atoms with Crippen LogP contribution < -0.4 is 5.32 Å². The summed E-state index contributed by atoms with van der Waals surface area (Å²) in [6.07, 6.45) is 4.10. The van der Waals surface area contributed by atoms with Crippen LogP contribution >= 0.6 is 11.3 Å². The van der Waals surface area contributed by atoms with Gasteiger partial charge in [-0.25, -0.2) is 0 Å². The van der Waals surface area contributed by atoms with Gasteiger partial charge < -0.3 is 15.0 Å². The van der Waals surface area contributed by atoms with E-state index in [1.807, 2.05) is 6.07 Å². The van der Waals surface area contributed by atoms with Gasteiger partial charge in [-0.15, -0.1) is 11.3 Å². The molecule has 0 radical (unpaired) electrons. The molecule has 1 aliphatic heterocycles. The Morgan fingerprint density at radius 3 is 2.76 bits per heavy atom. The highest BCUT2D eigenvalue weighted by Crippen LogP contribution is 2.18. The number of likely N-dealkylation sites (tertiary alicyclic amines) is 1. The van der Waals surface area contributed by atoms with Gasteiger partial charge in [-0.1, -0.05) is 6.92 Å². The molecule has 0 spiro atoms. The molecule has 0 amide bonds. The third-order valence-corrected chi connectivity index (χ3v) is 5.04. The Labute approximate surface area is 131 Å². The van der Waals surface area contributed by atoms with Crippen LogP contribution in [0.15, 0.2) is 12.1 Å². The van der Waals surface area contributed by atoms with Gasteiger partial charge in [-0.3, -0.25) is 4.79 Å². The lowest BCUT2D eigenvalue weighted by molar-refractivity contribution is -0.139. The smallest absolute Gasteiger partial charge is 0.310 e. The summed E-state index contributed by atoms with van der Waals surface area (Å²) in [6, 6.07) is 4.77. The maximum absolute atomic E-state index is 11.2. The Hall–Kier alpha value is -0.910. The Bertz CT molecular complexity index is 439. The summed E-state index contributed by atoms with van der Waals surface area (Å²) in [5.74, 6) is -0.167. The number of hydrogen-bond acceptors (Lipinski definition) is 5. The number of methoxy groups -OCH3 is 1. The molecule has 0 aromatic carbocycles. The first kappa shape index (κ1) is 16.5. The largest absolute Gasteiger partial charge is 0.469 e. The maximum Gasteiger partial charge on any atom is 0.310 e. The lowest BCUT2D eigenvalue weighted by Gasteiger charge is -2.32. The number of thiophene rings is 1. The van der Waals surface area contributed by atoms with Crippen LogP contribution in [0.1, 0.15) is 35.9 Å². The Balaban J connectivity index is 1.70. The van der Waals surface area contributed by atoms with E-state index in [4.69, 9.17) is 4.74 Å². The highest BCUT2D eigenvalue weighted by atomic mass is 32.1. The van der Waals surface area contributed by atoms with Gasteiger partial charge in [-0.05, 0) is 51.0 Å². The Kier molecular flexibility index (Phi) is 6.67. The number of rotatable bonds is 7. The van der Waals surface area contributed by atoms with E-state index in [-0.39, 0.29) is 5.97 Å². The summed E-state index contributed by atoms with van der Waals surface area (Å²) in [4.78, 5) is 16.2. The van der Waals surface area contributed by atoms with Crippen molar-refractivity contribution in [3.8, 4) is 0 Å². The zero-order chi connectivity index (χ0) is 15.1. The fraction of sp³-hybridized carbons (Fsp3) is 0.688. The van der Waals surface area contributed by atoms with E-state index < -0.39 is 0 Å². The molecule has 1 saturated heterocycles. The molecule has 1 aliphatic rings. The quantitative estimate of drug-likeness (QED) is 0.785. The minimum Gasteiger partial charge on any atom is -0.469 e. The van der Waals surface area contributed by atoms with E-state index in [9.17, 15) is 4.79 Å². The SMILES string of the molecule is CCCN1CCC(NCc2ccc(CC(=O)OC)s2)CC1. The number of piperidine rings is 1. The van der Waals surface area contributed by atoms with Gasteiger partial charge in [0.2, 0.25) is 0 Å². The number of esters is 1. The van der Waals surface area contributed by atoms with Crippen LogP contribution in [0.2, 0.25) is 0 Å². The van der Waals surface area contributed by atoms with Gasteiger partial charge in [0.1, 0.15) is 0 Å². The minimum absolute atomic E-state index is 0.167. The number of ether oxygens (including phenoxy) is 1. The van der Waals surface area contributed by atoms with E-state index in [1.54, 1.807) is 11.3 Å². The molecule has 1 aromatic rings. The molecule has 1 fully saturated rings. The normalized spacial score (nSPS) is 17.0. The molecule has 2 heterocycles. The molecule has 0 unspecified atom stereocenters. The van der Waals surface area contributed by atoms with E-state index >= 15 is 0 Å². The summed E-state index contributed by atoms with van der Waals surface area (Å²) in [6.45, 7) is 6.80. The zero-order valence-corrected chi connectivity index (χ0v) is 13.9. The molecule has 1 aromatic heterocycles. The van der Waals surface area contributed by atoms with Crippen molar-refractivity contribution in [1.82, 2.24) is 10.2 Å². The van der Waals surface area contributed by atoms with Crippen molar-refractivity contribution in [2.75, 3.05) is 26.7 Å². The maximum atomic E-state index is 11.2. The van der Waals surface area contributed by atoms with E-state index in [2.05, 4.69) is 23.2 Å². The van der Waals surface area contributed by atoms with Crippen molar-refractivity contribution >= 4 is 17.3 Å². The highest BCUT2D eigenvalue weighted by molar-refractivity contribution is 7.12. The summed E-state index contributed by atoms with van der Waals surface area (Å²) >= 11 is 1.70. The number of carbonyl (C=O) groups excluding carboxylic acids is 1. The van der Waals surface area contributed by atoms with Crippen LogP contribution in [0.25, 0.3) is 0 Å². The standard InChI is InChI=1S/C16H26N2O2S/c1-3-8-18-9-6-13(7-10-18)17-12-15-5-4-14(21-15)11-16(19)20-2/h4-5,13,17H,3,6-12H2,1-2H3. The van der Waals surface area contributed by atoms with Crippen LogP contribution in [0.5, 0.6) is 0 Å². The zero-order valence-electron chi connectivity index (χ0n) is 13.1. The van der Waals surface area contributed by atoms with Gasteiger partial charge >= 0.3 is 5.97 Å². The van der Waals surface area contributed by atoms with Crippen molar-refractivity contribution < 1.29 is 9.53 Å². The van der Waals surface area contributed by atoms with Crippen LogP contribution in [0.4, 0.5) is 0 Å². The summed E-state index contributed by atoms with van der Waals surface area (Å²) in [5.41, 5.74) is 0. The van der Waals surface area contributed by atoms with Gasteiger partial charge in [0.15, 0.2) is 0 Å². The lowest BCUT2D eigenvalue weighted by Crippen LogP contribution is -2.42. The molecule has 4 nitrogen and oxygen atoms in total. The molecule has 118 valence electrons. The predicted molar refractivity (Wildman–Crippen MR) is 86.6 cm³/mol. The molecular formula is C16H26N2O2S. The topological polar surface area (TPSA) is 41.6 Å². The number of nitrogens with one attached hydrogen (secondary N) is 1. The van der Waals surface area contributed by atoms with Crippen LogP contribution in [-0.4, -0.2) is 43.7 Å². The Morgan fingerprint density at radius 2 is 2.10 bits per heavy atom. The summed E-state index contributed by atoms with van der Waals surface area (Å²) < 4.78 is 4.70. The molecule has 0 bridgehead atoms. The highest BCUT2D eigenvalue weighted by Gasteiger charge is 2.18. The van der Waals surface area contributed by atoms with Crippen LogP contribution in [-0.2, 0) is 22.5 Å². The first-order chi connectivity index (χ1) is 10.2. The van der Waals surface area contributed by atoms with Crippen LogP contribution in [0, 0.1) is 0 Å². The number of nitrogens with zero attached hydrogens (tertiary/aromatic N) is 1. The van der Waals surface area contributed by atoms with Gasteiger partial charge in [0.25, 0.3) is 0 Å². The average molecular weight is 310 g/mol. The van der Waals surface area contributed by atoms with E-state index in [0.717, 1.165) is 11.4 Å². The molecular weight excluding hydrogens is 284 g/mol. The first-order valence-corrected chi connectivity index (χ1v) is 8.63. The molecule has 0 saturated carbocycles. The molecule has 5 heteroatoms. The van der Waals surface area contributed by atoms with Gasteiger partial charge in [0, 0.05) is 22.3 Å². The number of hydrogen-bond donors (Lipinski definition) is 1. The summed E-state index contributed by atoms with van der Waals surface area (Å²) in [7, 11) is 1.43. The Morgan fingerprint density at radius 1 is 1.38 bits per heavy atom. The molecule has 0 atom stereocenters.